The highest BCUT2D eigenvalue weighted by molar-refractivity contribution is 6.42. The Kier molecular flexibility index (Phi) is 2.82. The molecule has 0 saturated carbocycles. The first-order chi connectivity index (χ1) is 7.29. The van der Waals surface area contributed by atoms with E-state index in [4.69, 9.17) is 4.74 Å². The van der Waals surface area contributed by atoms with Crippen molar-refractivity contribution in [2.45, 2.75) is 0 Å². The monoisotopic (exact) mass is 208 g/mol. The lowest BCUT2D eigenvalue weighted by molar-refractivity contribution is -0.130. The third-order valence-electron chi connectivity index (χ3n) is 2.34. The number of amides is 1. The highest BCUT2D eigenvalue weighted by atomic mass is 16.5. The summed E-state index contributed by atoms with van der Waals surface area (Å²) in [5, 5.41) is 0. The van der Waals surface area contributed by atoms with Crippen LogP contribution in [0.2, 0.25) is 0 Å². The molecule has 1 aliphatic rings. The zero-order valence-corrected chi connectivity index (χ0v) is 8.23. The fourth-order valence-corrected chi connectivity index (χ4v) is 1.50. The Morgan fingerprint density at radius 3 is 2.67 bits per heavy atom. The normalized spacial score (nSPS) is 16.4. The number of nitrogens with zero attached hydrogens (tertiary/aromatic N) is 1. The number of hydrogen-bond acceptors (Lipinski definition) is 3. The standard InChI is InChI=1S/C10H12N2O3/c13-9(8-2-1-3-11-8)10(14)12-4-6-15-7-5-12/h1-3,11H,4-7H2. The van der Waals surface area contributed by atoms with Gasteiger partial charge < -0.3 is 14.6 Å². The third-order valence-corrected chi connectivity index (χ3v) is 2.34. The molecule has 0 radical (unpaired) electrons. The molecule has 0 unspecified atom stereocenters. The van der Waals surface area contributed by atoms with Crippen LogP contribution in [-0.4, -0.2) is 47.9 Å². The van der Waals surface area contributed by atoms with E-state index >= 15 is 0 Å². The molecule has 1 aromatic rings. The predicted molar refractivity (Wildman–Crippen MR) is 52.5 cm³/mol. The van der Waals surface area contributed by atoms with Crippen LogP contribution in [0.25, 0.3) is 0 Å². The summed E-state index contributed by atoms with van der Waals surface area (Å²) in [5.74, 6) is -0.942. The van der Waals surface area contributed by atoms with Crippen LogP contribution in [0.4, 0.5) is 0 Å². The second kappa shape index (κ2) is 4.27. The van der Waals surface area contributed by atoms with E-state index in [1.54, 1.807) is 18.3 Å². The van der Waals surface area contributed by atoms with Gasteiger partial charge in [0.25, 0.3) is 11.7 Å². The number of carbonyl (C=O) groups is 2. The number of hydrogen-bond donors (Lipinski definition) is 1. The zero-order valence-electron chi connectivity index (χ0n) is 8.23. The third kappa shape index (κ3) is 2.07. The van der Waals surface area contributed by atoms with Crippen molar-refractivity contribution < 1.29 is 14.3 Å². The highest BCUT2D eigenvalue weighted by Crippen LogP contribution is 2.03. The van der Waals surface area contributed by atoms with E-state index in [1.165, 1.54) is 4.90 Å². The van der Waals surface area contributed by atoms with Gasteiger partial charge in [-0.05, 0) is 12.1 Å². The summed E-state index contributed by atoms with van der Waals surface area (Å²) in [6.45, 7) is 1.99. The lowest BCUT2D eigenvalue weighted by atomic mass is 10.2. The number of nitrogens with one attached hydrogen (secondary N) is 1. The molecule has 0 atom stereocenters. The summed E-state index contributed by atoms with van der Waals surface area (Å²) in [4.78, 5) is 27.6. The quantitative estimate of drug-likeness (QED) is 0.552. The van der Waals surface area contributed by atoms with Crippen molar-refractivity contribution in [1.82, 2.24) is 9.88 Å². The Labute approximate surface area is 87.0 Å². The molecule has 1 aliphatic heterocycles. The number of ketones is 1. The first kappa shape index (κ1) is 9.92. The molecule has 15 heavy (non-hydrogen) atoms. The lowest BCUT2D eigenvalue weighted by Gasteiger charge is -2.25. The molecular weight excluding hydrogens is 196 g/mol. The van der Waals surface area contributed by atoms with Crippen molar-refractivity contribution in [2.75, 3.05) is 26.3 Å². The maximum absolute atomic E-state index is 11.7. The van der Waals surface area contributed by atoms with Gasteiger partial charge >= 0.3 is 0 Å². The lowest BCUT2D eigenvalue weighted by Crippen LogP contribution is -2.44. The zero-order chi connectivity index (χ0) is 10.7. The summed E-state index contributed by atoms with van der Waals surface area (Å²) < 4.78 is 5.11. The van der Waals surface area contributed by atoms with Crippen LogP contribution in [0.3, 0.4) is 0 Å². The van der Waals surface area contributed by atoms with E-state index in [2.05, 4.69) is 4.98 Å². The van der Waals surface area contributed by atoms with Crippen molar-refractivity contribution >= 4 is 11.7 Å². The summed E-state index contributed by atoms with van der Waals surface area (Å²) >= 11 is 0. The number of Topliss-reactive ketones (excluding diaryl/α,β-unsaturated/α-hetero) is 1. The van der Waals surface area contributed by atoms with E-state index in [-0.39, 0.29) is 0 Å². The minimum absolute atomic E-state index is 0.339. The summed E-state index contributed by atoms with van der Waals surface area (Å²) in [5.41, 5.74) is 0.339. The average Bonchev–Trinajstić information content (AvgIpc) is 2.82. The van der Waals surface area contributed by atoms with Crippen molar-refractivity contribution in [3.8, 4) is 0 Å². The molecule has 5 nitrogen and oxygen atoms in total. The van der Waals surface area contributed by atoms with Crippen LogP contribution in [0, 0.1) is 0 Å². The number of ether oxygens (including phenoxy) is 1. The Hall–Kier alpha value is -1.62. The molecule has 1 aromatic heterocycles. The van der Waals surface area contributed by atoms with Crippen molar-refractivity contribution in [1.29, 1.82) is 0 Å². The van der Waals surface area contributed by atoms with Gasteiger partial charge in [-0.1, -0.05) is 0 Å². The van der Waals surface area contributed by atoms with E-state index in [9.17, 15) is 9.59 Å². The van der Waals surface area contributed by atoms with Gasteiger partial charge in [0.2, 0.25) is 0 Å². The molecule has 2 heterocycles. The second-order valence-corrected chi connectivity index (χ2v) is 3.32. The molecule has 1 saturated heterocycles. The van der Waals surface area contributed by atoms with Gasteiger partial charge in [-0.15, -0.1) is 0 Å². The van der Waals surface area contributed by atoms with Gasteiger partial charge in [-0.2, -0.15) is 0 Å². The van der Waals surface area contributed by atoms with Crippen LogP contribution in [0.1, 0.15) is 10.5 Å². The van der Waals surface area contributed by atoms with Crippen molar-refractivity contribution in [3.63, 3.8) is 0 Å². The van der Waals surface area contributed by atoms with Crippen molar-refractivity contribution in [2.24, 2.45) is 0 Å². The van der Waals surface area contributed by atoms with Crippen LogP contribution in [0.15, 0.2) is 18.3 Å². The fourth-order valence-electron chi connectivity index (χ4n) is 1.50. The van der Waals surface area contributed by atoms with Gasteiger partial charge in [0.1, 0.15) is 0 Å². The first-order valence-electron chi connectivity index (χ1n) is 4.84. The molecule has 0 aliphatic carbocycles. The average molecular weight is 208 g/mol. The number of aromatic nitrogens is 1. The van der Waals surface area contributed by atoms with Crippen molar-refractivity contribution in [3.05, 3.63) is 24.0 Å². The number of aromatic amines is 1. The molecule has 1 amide bonds. The summed E-state index contributed by atoms with van der Waals surface area (Å²) in [6, 6.07) is 3.29. The Morgan fingerprint density at radius 2 is 2.07 bits per heavy atom. The summed E-state index contributed by atoms with van der Waals surface area (Å²) in [6.07, 6.45) is 1.62. The molecule has 1 N–H and O–H groups in total. The number of morpholine rings is 1. The molecule has 1 fully saturated rings. The van der Waals surface area contributed by atoms with E-state index in [0.717, 1.165) is 0 Å². The molecule has 2 rings (SSSR count). The predicted octanol–water partition coefficient (Wildman–Crippen LogP) is 0.0562. The SMILES string of the molecule is O=C(C(=O)N1CCOCC1)c1ccc[nH]1. The smallest absolute Gasteiger partial charge is 0.296 e. The Balaban J connectivity index is 2.04. The largest absolute Gasteiger partial charge is 0.378 e. The van der Waals surface area contributed by atoms with Gasteiger partial charge in [0.15, 0.2) is 0 Å². The molecule has 0 bridgehead atoms. The van der Waals surface area contributed by atoms with Gasteiger partial charge in [-0.25, -0.2) is 0 Å². The van der Waals surface area contributed by atoms with Crippen LogP contribution in [0.5, 0.6) is 0 Å². The Morgan fingerprint density at radius 1 is 1.33 bits per heavy atom. The van der Waals surface area contributed by atoms with Crippen LogP contribution < -0.4 is 0 Å². The molecule has 0 spiro atoms. The first-order valence-corrected chi connectivity index (χ1v) is 4.84. The van der Waals surface area contributed by atoms with Gasteiger partial charge in [0, 0.05) is 19.3 Å². The van der Waals surface area contributed by atoms with Gasteiger partial charge in [-0.3, -0.25) is 9.59 Å². The van der Waals surface area contributed by atoms with Crippen LogP contribution in [-0.2, 0) is 9.53 Å². The number of rotatable bonds is 2. The minimum Gasteiger partial charge on any atom is -0.378 e. The molecular formula is C10H12N2O3. The molecule has 80 valence electrons. The maximum atomic E-state index is 11.7. The molecule has 0 aromatic carbocycles. The van der Waals surface area contributed by atoms with E-state index in [0.29, 0.717) is 32.0 Å². The number of carbonyl (C=O) groups excluding carboxylic acids is 2. The topological polar surface area (TPSA) is 62.4 Å². The fraction of sp³-hybridized carbons (Fsp3) is 0.400. The Bertz CT molecular complexity index is 353. The maximum Gasteiger partial charge on any atom is 0.296 e. The molecule has 5 heteroatoms. The highest BCUT2D eigenvalue weighted by Gasteiger charge is 2.24. The minimum atomic E-state index is -0.484. The summed E-state index contributed by atoms with van der Waals surface area (Å²) in [7, 11) is 0. The number of H-pyrrole nitrogens is 1. The van der Waals surface area contributed by atoms with E-state index < -0.39 is 11.7 Å². The van der Waals surface area contributed by atoms with Crippen LogP contribution >= 0.6 is 0 Å². The second-order valence-electron chi connectivity index (χ2n) is 3.32. The van der Waals surface area contributed by atoms with E-state index in [1.807, 2.05) is 0 Å². The van der Waals surface area contributed by atoms with Gasteiger partial charge in [0.05, 0.1) is 18.9 Å².